The van der Waals surface area contributed by atoms with Crippen molar-refractivity contribution in [3.8, 4) is 0 Å². The van der Waals surface area contributed by atoms with Crippen LogP contribution in [-0.2, 0) is 38.3 Å². The lowest BCUT2D eigenvalue weighted by Crippen LogP contribution is -2.65. The molecule has 0 spiro atoms. The van der Waals surface area contributed by atoms with Crippen molar-refractivity contribution in [3.63, 3.8) is 0 Å². The molecule has 1 aliphatic carbocycles. The first kappa shape index (κ1) is 37.1. The maximum Gasteiger partial charge on any atom is 0.187 e. The zero-order chi connectivity index (χ0) is 33.4. The van der Waals surface area contributed by atoms with Crippen molar-refractivity contribution in [1.82, 2.24) is 0 Å². The van der Waals surface area contributed by atoms with Crippen molar-refractivity contribution in [3.05, 3.63) is 0 Å². The molecule has 19 heteroatoms. The van der Waals surface area contributed by atoms with Crippen molar-refractivity contribution in [2.24, 2.45) is 34.6 Å². The highest BCUT2D eigenvalue weighted by atomic mass is 32.2. The second-order valence-corrected chi connectivity index (χ2v) is 14.9. The van der Waals surface area contributed by atoms with Gasteiger partial charge in [-0.1, -0.05) is 6.92 Å². The lowest BCUT2D eigenvalue weighted by atomic mass is 9.84. The first-order valence-electron chi connectivity index (χ1n) is 15.2. The third kappa shape index (κ3) is 8.49. The number of rotatable bonds is 11. The Bertz CT molecular complexity index is 1060. The van der Waals surface area contributed by atoms with Gasteiger partial charge in [0.2, 0.25) is 0 Å². The summed E-state index contributed by atoms with van der Waals surface area (Å²) in [5.74, 6) is -1.04. The maximum atomic E-state index is 11.8. The summed E-state index contributed by atoms with van der Waals surface area (Å²) in [5.41, 5.74) is 30.6. The normalized spacial score (nSPS) is 48.8. The highest BCUT2D eigenvalue weighted by Gasteiger charge is 2.53. The Balaban J connectivity index is 1.48. The monoisotopic (exact) mass is 673 g/mol. The highest BCUT2D eigenvalue weighted by Crippen LogP contribution is 2.35. The van der Waals surface area contributed by atoms with Crippen LogP contribution < -0.4 is 28.7 Å². The van der Waals surface area contributed by atoms with Crippen LogP contribution in [0.5, 0.6) is 0 Å². The van der Waals surface area contributed by atoms with Gasteiger partial charge in [0.25, 0.3) is 0 Å². The summed E-state index contributed by atoms with van der Waals surface area (Å²) in [6.07, 6.45) is -13.3. The molecule has 264 valence electrons. The number of hydrogen-bond acceptors (Lipinski definition) is 18. The van der Waals surface area contributed by atoms with E-state index in [4.69, 9.17) is 57.1 Å². The Morgan fingerprint density at radius 1 is 0.778 bits per heavy atom. The number of hydrogen-bond donors (Lipinski definition) is 10. The van der Waals surface area contributed by atoms with Gasteiger partial charge in [0.1, 0.15) is 52.6 Å². The summed E-state index contributed by atoms with van der Waals surface area (Å²) in [4.78, 5) is 0. The molecule has 18 nitrogen and oxygen atoms in total. The van der Waals surface area contributed by atoms with Crippen molar-refractivity contribution in [1.29, 1.82) is 0 Å². The lowest BCUT2D eigenvalue weighted by molar-refractivity contribution is -0.297. The molecule has 18 atom stereocenters. The SMILES string of the molecule is CC1C(OC2C(CO)OC(OC3C(O)C(N)CC(N)C3OC3OC(C(N)CS(C)(=O)=O)CCC3N)C2O)OC(CN)C(O)C1O. The zero-order valence-corrected chi connectivity index (χ0v) is 26.2. The van der Waals surface area contributed by atoms with E-state index in [-0.39, 0.29) is 18.7 Å². The summed E-state index contributed by atoms with van der Waals surface area (Å²) >= 11 is 0. The predicted octanol–water partition coefficient (Wildman–Crippen LogP) is -6.11. The summed E-state index contributed by atoms with van der Waals surface area (Å²) in [7, 11) is -3.38. The summed E-state index contributed by atoms with van der Waals surface area (Å²) in [5, 5.41) is 53.0. The van der Waals surface area contributed by atoms with E-state index in [1.165, 1.54) is 0 Å². The molecule has 0 aromatic carbocycles. The number of aliphatic hydroxyl groups excluding tert-OH is 5. The van der Waals surface area contributed by atoms with Gasteiger partial charge < -0.3 is 82.6 Å². The Hall–Kier alpha value is -0.690. The fourth-order valence-corrected chi connectivity index (χ4v) is 7.28. The fraction of sp³-hybridized carbons (Fsp3) is 1.00. The average Bonchev–Trinajstić information content (AvgIpc) is 3.27. The topological polar surface area (TPSA) is 321 Å². The lowest BCUT2D eigenvalue weighted by Gasteiger charge is -2.46. The van der Waals surface area contributed by atoms with Gasteiger partial charge in [-0.15, -0.1) is 0 Å². The molecule has 3 saturated heterocycles. The molecule has 0 aromatic rings. The average molecular weight is 674 g/mol. The van der Waals surface area contributed by atoms with E-state index in [1.54, 1.807) is 6.92 Å². The van der Waals surface area contributed by atoms with Crippen molar-refractivity contribution in [2.45, 2.75) is 130 Å². The van der Waals surface area contributed by atoms with E-state index in [9.17, 15) is 34.0 Å². The van der Waals surface area contributed by atoms with Crippen molar-refractivity contribution < 1.29 is 62.4 Å². The molecule has 4 aliphatic rings. The van der Waals surface area contributed by atoms with Crippen LogP contribution in [0.1, 0.15) is 26.2 Å². The van der Waals surface area contributed by atoms with Crippen LogP contribution in [0, 0.1) is 5.92 Å². The van der Waals surface area contributed by atoms with Gasteiger partial charge in [0.05, 0.1) is 36.7 Å². The molecular weight excluding hydrogens is 622 g/mol. The Labute approximate surface area is 262 Å². The van der Waals surface area contributed by atoms with Gasteiger partial charge in [0.15, 0.2) is 18.9 Å². The molecule has 0 bridgehead atoms. The standard InChI is InChI=1S/C26H51N5O13S/c1-9-17(33)19(35)15(6-27)40-24(9)43-22-16(7-32)41-26(20(22)36)44-23-18(34)11(29)5-12(30)21(23)42-25-10(28)3-4-14(39-25)13(31)8-45(2,37)38/h9-26,32-36H,3-8,27-31H2,1-2H3. The quantitative estimate of drug-likeness (QED) is 0.0975. The molecule has 0 amide bonds. The van der Waals surface area contributed by atoms with Gasteiger partial charge >= 0.3 is 0 Å². The second kappa shape index (κ2) is 15.2. The van der Waals surface area contributed by atoms with E-state index in [2.05, 4.69) is 0 Å². The molecule has 3 heterocycles. The minimum atomic E-state index is -3.38. The van der Waals surface area contributed by atoms with Crippen LogP contribution in [-0.4, -0.2) is 163 Å². The summed E-state index contributed by atoms with van der Waals surface area (Å²) in [6.45, 7) is 0.874. The summed E-state index contributed by atoms with van der Waals surface area (Å²) < 4.78 is 59.2. The minimum absolute atomic E-state index is 0.107. The van der Waals surface area contributed by atoms with E-state index in [0.717, 1.165) is 6.26 Å². The molecular formula is C26H51N5O13S. The molecule has 3 aliphatic heterocycles. The Morgan fingerprint density at radius 2 is 1.40 bits per heavy atom. The fourth-order valence-electron chi connectivity index (χ4n) is 6.36. The third-order valence-corrected chi connectivity index (χ3v) is 10.1. The van der Waals surface area contributed by atoms with Gasteiger partial charge in [-0.3, -0.25) is 0 Å². The molecule has 15 N–H and O–H groups in total. The Kier molecular flexibility index (Phi) is 12.6. The molecule has 45 heavy (non-hydrogen) atoms. The summed E-state index contributed by atoms with van der Waals surface area (Å²) in [6, 6.07) is -3.09. The largest absolute Gasteiger partial charge is 0.394 e. The Morgan fingerprint density at radius 3 is 2.02 bits per heavy atom. The zero-order valence-electron chi connectivity index (χ0n) is 25.4. The van der Waals surface area contributed by atoms with E-state index < -0.39 is 126 Å². The van der Waals surface area contributed by atoms with Crippen LogP contribution >= 0.6 is 0 Å². The van der Waals surface area contributed by atoms with Crippen LogP contribution in [0.15, 0.2) is 0 Å². The van der Waals surface area contributed by atoms with Crippen molar-refractivity contribution >= 4 is 9.84 Å². The number of sulfone groups is 1. The molecule has 1 saturated carbocycles. The maximum absolute atomic E-state index is 11.8. The predicted molar refractivity (Wildman–Crippen MR) is 155 cm³/mol. The molecule has 0 radical (unpaired) electrons. The molecule has 4 rings (SSSR count). The minimum Gasteiger partial charge on any atom is -0.394 e. The second-order valence-electron chi connectivity index (χ2n) is 12.7. The molecule has 0 aromatic heterocycles. The number of nitrogens with two attached hydrogens (primary N) is 5. The van der Waals surface area contributed by atoms with Gasteiger partial charge in [-0.2, -0.15) is 0 Å². The van der Waals surface area contributed by atoms with Crippen LogP contribution in [0.3, 0.4) is 0 Å². The smallest absolute Gasteiger partial charge is 0.187 e. The van der Waals surface area contributed by atoms with E-state index >= 15 is 0 Å². The van der Waals surface area contributed by atoms with Crippen LogP contribution in [0.4, 0.5) is 0 Å². The molecule has 4 fully saturated rings. The van der Waals surface area contributed by atoms with Gasteiger partial charge in [-0.05, 0) is 19.3 Å². The van der Waals surface area contributed by atoms with E-state index in [1.807, 2.05) is 0 Å². The van der Waals surface area contributed by atoms with E-state index in [0.29, 0.717) is 12.8 Å². The first-order chi connectivity index (χ1) is 21.1. The van der Waals surface area contributed by atoms with Gasteiger partial charge in [0, 0.05) is 36.8 Å². The van der Waals surface area contributed by atoms with Crippen LogP contribution in [0.2, 0.25) is 0 Å². The highest BCUT2D eigenvalue weighted by molar-refractivity contribution is 7.90. The van der Waals surface area contributed by atoms with Gasteiger partial charge in [-0.25, -0.2) is 8.42 Å². The molecule has 18 unspecified atom stereocenters. The first-order valence-corrected chi connectivity index (χ1v) is 17.3. The number of aliphatic hydroxyl groups is 5. The number of ether oxygens (including phenoxy) is 6. The third-order valence-electron chi connectivity index (χ3n) is 9.07. The van der Waals surface area contributed by atoms with Crippen LogP contribution in [0.25, 0.3) is 0 Å². The van der Waals surface area contributed by atoms with Crippen molar-refractivity contribution in [2.75, 3.05) is 25.2 Å².